The van der Waals surface area contributed by atoms with Crippen molar-refractivity contribution < 1.29 is 23.0 Å². The second kappa shape index (κ2) is 7.91. The SMILES string of the molecule is COc1ccc(C2=NN3C(C2)c2ccccc2OC3c2ccccc2OC(F)F)cc1. The van der Waals surface area contributed by atoms with Crippen molar-refractivity contribution in [3.05, 3.63) is 89.5 Å². The van der Waals surface area contributed by atoms with Gasteiger partial charge in [0.05, 0.1) is 24.4 Å². The molecule has 0 amide bonds. The fourth-order valence-corrected chi connectivity index (χ4v) is 4.09. The van der Waals surface area contributed by atoms with E-state index in [0.717, 1.165) is 22.6 Å². The lowest BCUT2D eigenvalue weighted by Crippen LogP contribution is -2.34. The molecule has 2 aliphatic heterocycles. The predicted molar refractivity (Wildman–Crippen MR) is 112 cm³/mol. The van der Waals surface area contributed by atoms with E-state index in [9.17, 15) is 8.78 Å². The topological polar surface area (TPSA) is 43.3 Å². The van der Waals surface area contributed by atoms with Crippen LogP contribution in [-0.4, -0.2) is 24.4 Å². The molecule has 2 atom stereocenters. The molecule has 0 spiro atoms. The lowest BCUT2D eigenvalue weighted by atomic mass is 9.96. The third-order valence-electron chi connectivity index (χ3n) is 5.52. The van der Waals surface area contributed by atoms with Crippen molar-refractivity contribution in [1.29, 1.82) is 0 Å². The summed E-state index contributed by atoms with van der Waals surface area (Å²) in [5, 5.41) is 6.70. The lowest BCUT2D eigenvalue weighted by molar-refractivity contribution is -0.0578. The molecule has 2 aliphatic rings. The summed E-state index contributed by atoms with van der Waals surface area (Å²) in [7, 11) is 1.63. The fourth-order valence-electron chi connectivity index (χ4n) is 4.09. The fraction of sp³-hybridized carbons (Fsp3) is 0.208. The van der Waals surface area contributed by atoms with Gasteiger partial charge in [-0.2, -0.15) is 13.9 Å². The van der Waals surface area contributed by atoms with Gasteiger partial charge in [0.15, 0.2) is 0 Å². The van der Waals surface area contributed by atoms with E-state index in [1.807, 2.05) is 53.5 Å². The molecule has 158 valence electrons. The number of rotatable bonds is 5. The molecule has 0 saturated heterocycles. The van der Waals surface area contributed by atoms with Crippen molar-refractivity contribution in [2.75, 3.05) is 7.11 Å². The van der Waals surface area contributed by atoms with Crippen molar-refractivity contribution in [2.45, 2.75) is 25.3 Å². The number of methoxy groups -OCH3 is 1. The number of halogens is 2. The van der Waals surface area contributed by atoms with Crippen molar-refractivity contribution in [3.8, 4) is 17.2 Å². The molecular weight excluding hydrogens is 402 g/mol. The molecule has 3 aromatic rings. The van der Waals surface area contributed by atoms with Crippen LogP contribution in [-0.2, 0) is 0 Å². The highest BCUT2D eigenvalue weighted by molar-refractivity contribution is 6.02. The van der Waals surface area contributed by atoms with Crippen LogP contribution in [0.15, 0.2) is 77.9 Å². The van der Waals surface area contributed by atoms with Crippen LogP contribution in [0.2, 0.25) is 0 Å². The summed E-state index contributed by atoms with van der Waals surface area (Å²) >= 11 is 0. The van der Waals surface area contributed by atoms with E-state index in [-0.39, 0.29) is 11.8 Å². The molecule has 5 nitrogen and oxygen atoms in total. The van der Waals surface area contributed by atoms with E-state index in [2.05, 4.69) is 0 Å². The van der Waals surface area contributed by atoms with Crippen LogP contribution in [0.25, 0.3) is 0 Å². The minimum Gasteiger partial charge on any atom is -0.497 e. The minimum absolute atomic E-state index is 0.0772. The summed E-state index contributed by atoms with van der Waals surface area (Å²) < 4.78 is 42.3. The summed E-state index contributed by atoms with van der Waals surface area (Å²) in [5.41, 5.74) is 3.38. The Hall–Kier alpha value is -3.61. The molecule has 2 heterocycles. The third kappa shape index (κ3) is 3.56. The largest absolute Gasteiger partial charge is 0.497 e. The number of hydrogen-bond donors (Lipinski definition) is 0. The summed E-state index contributed by atoms with van der Waals surface area (Å²) in [6.45, 7) is -2.93. The highest BCUT2D eigenvalue weighted by atomic mass is 19.3. The van der Waals surface area contributed by atoms with Gasteiger partial charge in [-0.05, 0) is 48.0 Å². The van der Waals surface area contributed by atoms with Crippen molar-refractivity contribution >= 4 is 5.71 Å². The summed E-state index contributed by atoms with van der Waals surface area (Å²) in [6, 6.07) is 22.1. The zero-order chi connectivity index (χ0) is 21.4. The second-order valence-electron chi connectivity index (χ2n) is 7.30. The first-order chi connectivity index (χ1) is 15.1. The van der Waals surface area contributed by atoms with Gasteiger partial charge in [-0.15, -0.1) is 0 Å². The number of alkyl halides is 2. The van der Waals surface area contributed by atoms with Crippen LogP contribution in [0.4, 0.5) is 8.78 Å². The van der Waals surface area contributed by atoms with E-state index in [1.165, 1.54) is 6.07 Å². The normalized spacial score (nSPS) is 19.4. The predicted octanol–water partition coefficient (Wildman–Crippen LogP) is 5.54. The quantitative estimate of drug-likeness (QED) is 0.542. The maximum absolute atomic E-state index is 13.0. The van der Waals surface area contributed by atoms with Gasteiger partial charge in [0.25, 0.3) is 0 Å². The molecule has 7 heteroatoms. The molecule has 3 aromatic carbocycles. The molecule has 0 N–H and O–H groups in total. The van der Waals surface area contributed by atoms with Gasteiger partial charge in [-0.3, -0.25) is 0 Å². The number of para-hydroxylation sites is 2. The van der Waals surface area contributed by atoms with E-state index < -0.39 is 12.8 Å². The smallest absolute Gasteiger partial charge is 0.387 e. The Kier molecular flexibility index (Phi) is 4.94. The average molecular weight is 422 g/mol. The second-order valence-corrected chi connectivity index (χ2v) is 7.30. The summed E-state index contributed by atoms with van der Waals surface area (Å²) in [5.74, 6) is 1.56. The molecule has 0 saturated carbocycles. The number of nitrogens with zero attached hydrogens (tertiary/aromatic N) is 2. The molecule has 5 rings (SSSR count). The highest BCUT2D eigenvalue weighted by Gasteiger charge is 2.42. The van der Waals surface area contributed by atoms with Crippen LogP contribution in [0.3, 0.4) is 0 Å². The lowest BCUT2D eigenvalue weighted by Gasteiger charge is -2.38. The zero-order valence-electron chi connectivity index (χ0n) is 16.7. The number of fused-ring (bicyclic) bond motifs is 3. The van der Waals surface area contributed by atoms with E-state index in [1.54, 1.807) is 25.3 Å². The van der Waals surface area contributed by atoms with Gasteiger partial charge in [0.2, 0.25) is 6.23 Å². The summed E-state index contributed by atoms with van der Waals surface area (Å²) in [4.78, 5) is 0. The van der Waals surface area contributed by atoms with Crippen molar-refractivity contribution in [1.82, 2.24) is 5.01 Å². The van der Waals surface area contributed by atoms with E-state index >= 15 is 0 Å². The molecular formula is C24H20F2N2O3. The van der Waals surface area contributed by atoms with E-state index in [4.69, 9.17) is 19.3 Å². The van der Waals surface area contributed by atoms with Crippen molar-refractivity contribution in [3.63, 3.8) is 0 Å². The first kappa shape index (κ1) is 19.4. The first-order valence-corrected chi connectivity index (χ1v) is 9.93. The molecule has 2 unspecified atom stereocenters. The number of benzene rings is 3. The van der Waals surface area contributed by atoms with Gasteiger partial charge in [0, 0.05) is 12.0 Å². The first-order valence-electron chi connectivity index (χ1n) is 9.93. The van der Waals surface area contributed by atoms with Gasteiger partial charge in [0.1, 0.15) is 17.2 Å². The van der Waals surface area contributed by atoms with Crippen LogP contribution in [0.1, 0.15) is 35.4 Å². The van der Waals surface area contributed by atoms with Crippen LogP contribution in [0, 0.1) is 0 Å². The third-order valence-corrected chi connectivity index (χ3v) is 5.52. The van der Waals surface area contributed by atoms with Gasteiger partial charge in [-0.25, -0.2) is 5.01 Å². The van der Waals surface area contributed by atoms with Crippen molar-refractivity contribution in [2.24, 2.45) is 5.10 Å². The Labute approximate surface area is 178 Å². The summed E-state index contributed by atoms with van der Waals surface area (Å²) in [6.07, 6.45) is -0.0215. The van der Waals surface area contributed by atoms with Crippen LogP contribution >= 0.6 is 0 Å². The maximum Gasteiger partial charge on any atom is 0.387 e. The Morgan fingerprint density at radius 1 is 0.968 bits per heavy atom. The molecule has 0 aromatic heterocycles. The van der Waals surface area contributed by atoms with Gasteiger partial charge < -0.3 is 14.2 Å². The number of hydrazone groups is 1. The monoisotopic (exact) mass is 422 g/mol. The Balaban J connectivity index is 1.57. The standard InChI is InChI=1S/C24H20F2N2O3/c1-29-16-12-10-15(11-13-16)19-14-20-17-6-2-4-8-21(17)30-23(28(20)27-19)18-7-3-5-9-22(18)31-24(25)26/h2-13,20,23-24H,14H2,1H3. The molecule has 0 fully saturated rings. The van der Waals surface area contributed by atoms with Crippen LogP contribution < -0.4 is 14.2 Å². The number of hydrogen-bond acceptors (Lipinski definition) is 5. The van der Waals surface area contributed by atoms with Gasteiger partial charge >= 0.3 is 6.61 Å². The molecule has 0 radical (unpaired) electrons. The Bertz CT molecular complexity index is 1120. The van der Waals surface area contributed by atoms with Crippen LogP contribution in [0.5, 0.6) is 17.2 Å². The maximum atomic E-state index is 13.0. The Morgan fingerprint density at radius 2 is 1.68 bits per heavy atom. The zero-order valence-corrected chi connectivity index (χ0v) is 16.7. The molecule has 0 aliphatic carbocycles. The highest BCUT2D eigenvalue weighted by Crippen LogP contribution is 2.48. The van der Waals surface area contributed by atoms with Gasteiger partial charge in [-0.1, -0.05) is 30.3 Å². The average Bonchev–Trinajstić information content (AvgIpc) is 3.24. The van der Waals surface area contributed by atoms with E-state index in [0.29, 0.717) is 17.7 Å². The molecule has 31 heavy (non-hydrogen) atoms. The minimum atomic E-state index is -2.93. The number of ether oxygens (including phenoxy) is 3. The Morgan fingerprint density at radius 3 is 2.42 bits per heavy atom. The molecule has 0 bridgehead atoms.